The summed E-state index contributed by atoms with van der Waals surface area (Å²) >= 11 is 7.35. The Hall–Kier alpha value is -2.31. The van der Waals surface area contributed by atoms with Gasteiger partial charge in [0.1, 0.15) is 5.52 Å². The molecule has 120 valence electrons. The third-order valence-corrected chi connectivity index (χ3v) is 4.47. The van der Waals surface area contributed by atoms with Crippen LogP contribution in [0.15, 0.2) is 56.6 Å². The van der Waals surface area contributed by atoms with E-state index in [0.29, 0.717) is 33.3 Å². The molecule has 4 aromatic rings. The van der Waals surface area contributed by atoms with Crippen LogP contribution in [0.2, 0.25) is 5.02 Å². The average Bonchev–Trinajstić information content (AvgIpc) is 3.19. The molecule has 0 atom stereocenters. The molecular weight excluding hydrogens is 346 g/mol. The highest BCUT2D eigenvalue weighted by Crippen LogP contribution is 2.28. The first-order valence-corrected chi connectivity index (χ1v) is 8.62. The van der Waals surface area contributed by atoms with Crippen molar-refractivity contribution in [3.8, 4) is 11.4 Å². The minimum atomic E-state index is 0.486. The maximum absolute atomic E-state index is 5.95. The summed E-state index contributed by atoms with van der Waals surface area (Å²) in [6, 6.07) is 13.3. The fourth-order valence-electron chi connectivity index (χ4n) is 2.20. The van der Waals surface area contributed by atoms with Gasteiger partial charge >= 0.3 is 0 Å². The Morgan fingerprint density at radius 3 is 2.75 bits per heavy atom. The normalized spacial score (nSPS) is 11.2. The second-order valence-corrected chi connectivity index (χ2v) is 6.62. The molecule has 0 bridgehead atoms. The van der Waals surface area contributed by atoms with Crippen LogP contribution in [-0.4, -0.2) is 15.1 Å². The third-order valence-electron chi connectivity index (χ3n) is 3.43. The maximum atomic E-state index is 5.95. The molecule has 0 aliphatic heterocycles. The molecule has 0 aliphatic carbocycles. The van der Waals surface area contributed by atoms with E-state index < -0.39 is 0 Å². The van der Waals surface area contributed by atoms with Crippen LogP contribution in [0, 0.1) is 6.92 Å². The molecule has 0 fully saturated rings. The van der Waals surface area contributed by atoms with Crippen LogP contribution >= 0.6 is 23.4 Å². The molecule has 2 aromatic heterocycles. The van der Waals surface area contributed by atoms with Crippen LogP contribution in [0.5, 0.6) is 0 Å². The molecule has 0 N–H and O–H groups in total. The Kier molecular flexibility index (Phi) is 4.00. The lowest BCUT2D eigenvalue weighted by atomic mass is 10.1. The van der Waals surface area contributed by atoms with Crippen molar-refractivity contribution in [3.63, 3.8) is 0 Å². The number of benzene rings is 2. The SMILES string of the molecule is Cc1ccc(-c2noc(CSc3nc4cc(Cl)ccc4o3)n2)cc1. The lowest BCUT2D eigenvalue weighted by molar-refractivity contribution is 0.391. The first kappa shape index (κ1) is 15.2. The van der Waals surface area contributed by atoms with Crippen molar-refractivity contribution in [1.82, 2.24) is 15.1 Å². The van der Waals surface area contributed by atoms with E-state index in [0.717, 1.165) is 11.1 Å². The summed E-state index contributed by atoms with van der Waals surface area (Å²) < 4.78 is 10.9. The van der Waals surface area contributed by atoms with E-state index in [4.69, 9.17) is 20.5 Å². The Bertz CT molecular complexity index is 995. The largest absolute Gasteiger partial charge is 0.431 e. The maximum Gasteiger partial charge on any atom is 0.257 e. The van der Waals surface area contributed by atoms with Gasteiger partial charge in [-0.25, -0.2) is 4.98 Å². The number of oxazole rings is 1. The van der Waals surface area contributed by atoms with Crippen molar-refractivity contribution in [2.45, 2.75) is 17.9 Å². The highest BCUT2D eigenvalue weighted by Gasteiger charge is 2.12. The van der Waals surface area contributed by atoms with Gasteiger partial charge in [-0.3, -0.25) is 0 Å². The van der Waals surface area contributed by atoms with Crippen LogP contribution in [0.4, 0.5) is 0 Å². The molecule has 4 rings (SSSR count). The summed E-state index contributed by atoms with van der Waals surface area (Å²) in [5.74, 6) is 1.59. The lowest BCUT2D eigenvalue weighted by Gasteiger charge is -1.94. The number of halogens is 1. The molecule has 0 unspecified atom stereocenters. The van der Waals surface area contributed by atoms with E-state index in [2.05, 4.69) is 15.1 Å². The van der Waals surface area contributed by atoms with Gasteiger partial charge in [0.2, 0.25) is 11.7 Å². The molecule has 0 radical (unpaired) electrons. The molecule has 2 heterocycles. The second kappa shape index (κ2) is 6.30. The molecule has 0 amide bonds. The summed E-state index contributed by atoms with van der Waals surface area (Å²) in [7, 11) is 0. The van der Waals surface area contributed by atoms with Crippen LogP contribution in [0.25, 0.3) is 22.5 Å². The Morgan fingerprint density at radius 2 is 1.92 bits per heavy atom. The van der Waals surface area contributed by atoms with E-state index in [9.17, 15) is 0 Å². The van der Waals surface area contributed by atoms with E-state index >= 15 is 0 Å². The molecule has 5 nitrogen and oxygen atoms in total. The van der Waals surface area contributed by atoms with Gasteiger partial charge < -0.3 is 8.94 Å². The van der Waals surface area contributed by atoms with E-state index in [1.54, 1.807) is 18.2 Å². The lowest BCUT2D eigenvalue weighted by Crippen LogP contribution is -1.83. The van der Waals surface area contributed by atoms with Gasteiger partial charge in [-0.05, 0) is 25.1 Å². The van der Waals surface area contributed by atoms with Crippen molar-refractivity contribution >= 4 is 34.5 Å². The van der Waals surface area contributed by atoms with Gasteiger partial charge in [0.05, 0.1) is 5.75 Å². The topological polar surface area (TPSA) is 65.0 Å². The zero-order valence-electron chi connectivity index (χ0n) is 12.7. The van der Waals surface area contributed by atoms with Crippen LogP contribution in [-0.2, 0) is 5.75 Å². The van der Waals surface area contributed by atoms with Crippen LogP contribution in [0.3, 0.4) is 0 Å². The van der Waals surface area contributed by atoms with Gasteiger partial charge in [0.25, 0.3) is 5.22 Å². The molecule has 0 saturated carbocycles. The number of aromatic nitrogens is 3. The highest BCUT2D eigenvalue weighted by molar-refractivity contribution is 7.98. The number of nitrogens with zero attached hydrogens (tertiary/aromatic N) is 3. The summed E-state index contributed by atoms with van der Waals surface area (Å²) in [5.41, 5.74) is 3.55. The number of rotatable bonds is 4. The Labute approximate surface area is 147 Å². The fourth-order valence-corrected chi connectivity index (χ4v) is 3.04. The minimum Gasteiger partial charge on any atom is -0.431 e. The van der Waals surface area contributed by atoms with Crippen molar-refractivity contribution in [3.05, 3.63) is 58.9 Å². The van der Waals surface area contributed by atoms with Crippen molar-refractivity contribution < 1.29 is 8.94 Å². The number of fused-ring (bicyclic) bond motifs is 1. The van der Waals surface area contributed by atoms with Gasteiger partial charge in [-0.15, -0.1) is 0 Å². The quantitative estimate of drug-likeness (QED) is 0.471. The molecule has 0 aliphatic rings. The van der Waals surface area contributed by atoms with Crippen molar-refractivity contribution in [2.75, 3.05) is 0 Å². The zero-order valence-corrected chi connectivity index (χ0v) is 14.3. The predicted molar refractivity (Wildman–Crippen MR) is 93.1 cm³/mol. The minimum absolute atomic E-state index is 0.486. The molecule has 0 spiro atoms. The standard InChI is InChI=1S/C17H12ClN3O2S/c1-10-2-4-11(5-3-10)16-20-15(23-21-16)9-24-17-19-13-8-12(18)6-7-14(13)22-17/h2-8H,9H2,1H3. The third kappa shape index (κ3) is 3.16. The van der Waals surface area contributed by atoms with Gasteiger partial charge in [-0.2, -0.15) is 4.98 Å². The molecular formula is C17H12ClN3O2S. The van der Waals surface area contributed by atoms with Gasteiger partial charge in [0, 0.05) is 10.6 Å². The Morgan fingerprint density at radius 1 is 1.08 bits per heavy atom. The number of hydrogen-bond acceptors (Lipinski definition) is 6. The van der Waals surface area contributed by atoms with Crippen LogP contribution < -0.4 is 0 Å². The van der Waals surface area contributed by atoms with Crippen LogP contribution in [0.1, 0.15) is 11.5 Å². The molecule has 7 heteroatoms. The highest BCUT2D eigenvalue weighted by atomic mass is 35.5. The smallest absolute Gasteiger partial charge is 0.257 e. The predicted octanol–water partition coefficient (Wildman–Crippen LogP) is 5.13. The van der Waals surface area contributed by atoms with E-state index in [1.807, 2.05) is 31.2 Å². The monoisotopic (exact) mass is 357 g/mol. The van der Waals surface area contributed by atoms with E-state index in [1.165, 1.54) is 17.3 Å². The molecule has 0 saturated heterocycles. The van der Waals surface area contributed by atoms with Crippen molar-refractivity contribution in [1.29, 1.82) is 0 Å². The van der Waals surface area contributed by atoms with Gasteiger partial charge in [0.15, 0.2) is 5.58 Å². The van der Waals surface area contributed by atoms with Gasteiger partial charge in [-0.1, -0.05) is 58.3 Å². The number of aryl methyl sites for hydroxylation is 1. The summed E-state index contributed by atoms with van der Waals surface area (Å²) in [6.45, 7) is 2.04. The number of thioether (sulfide) groups is 1. The molecule has 24 heavy (non-hydrogen) atoms. The Balaban J connectivity index is 1.48. The van der Waals surface area contributed by atoms with E-state index in [-0.39, 0.29) is 0 Å². The fraction of sp³-hybridized carbons (Fsp3) is 0.118. The summed E-state index contributed by atoms with van der Waals surface area (Å²) in [5, 5.41) is 5.19. The average molecular weight is 358 g/mol. The summed E-state index contributed by atoms with van der Waals surface area (Å²) in [6.07, 6.45) is 0. The second-order valence-electron chi connectivity index (χ2n) is 5.26. The zero-order chi connectivity index (χ0) is 16.5. The first-order valence-electron chi connectivity index (χ1n) is 7.26. The first-order chi connectivity index (χ1) is 11.7. The molecule has 2 aromatic carbocycles. The summed E-state index contributed by atoms with van der Waals surface area (Å²) in [4.78, 5) is 8.79. The number of hydrogen-bond donors (Lipinski definition) is 0. The van der Waals surface area contributed by atoms with Crippen molar-refractivity contribution in [2.24, 2.45) is 0 Å².